The highest BCUT2D eigenvalue weighted by atomic mass is 35.5. The molecule has 0 aromatic carbocycles. The normalized spacial score (nSPS) is 27.0. The van der Waals surface area contributed by atoms with Crippen LogP contribution in [0.5, 0.6) is 0 Å². The molecule has 0 bridgehead atoms. The van der Waals surface area contributed by atoms with Crippen LogP contribution in [-0.2, 0) is 23.9 Å². The van der Waals surface area contributed by atoms with E-state index in [9.17, 15) is 44.7 Å². The lowest BCUT2D eigenvalue weighted by Gasteiger charge is -2.30. The number of aliphatic carboxylic acids is 1. The minimum atomic E-state index is -1.89. The summed E-state index contributed by atoms with van der Waals surface area (Å²) in [4.78, 5) is 47.4. The molecular formula is C34H45Cl2NO11. The number of aliphatic hydroxyl groups is 4. The van der Waals surface area contributed by atoms with E-state index in [0.29, 0.717) is 12.8 Å². The van der Waals surface area contributed by atoms with Crippen molar-refractivity contribution in [3.63, 3.8) is 0 Å². The monoisotopic (exact) mass is 713 g/mol. The summed E-state index contributed by atoms with van der Waals surface area (Å²) in [6.45, 7) is 5.12. The number of fused-ring (bicyclic) bond motifs is 1. The van der Waals surface area contributed by atoms with Crippen LogP contribution >= 0.6 is 23.2 Å². The summed E-state index contributed by atoms with van der Waals surface area (Å²) in [6, 6.07) is 0. The van der Waals surface area contributed by atoms with Crippen LogP contribution in [0.4, 0.5) is 4.79 Å². The van der Waals surface area contributed by atoms with Crippen molar-refractivity contribution in [2.24, 2.45) is 29.4 Å². The van der Waals surface area contributed by atoms with E-state index in [4.69, 9.17) is 38.4 Å². The van der Waals surface area contributed by atoms with Crippen LogP contribution in [0.25, 0.3) is 0 Å². The molecule has 0 spiro atoms. The number of hydrogen-bond acceptors (Lipinski definition) is 10. The van der Waals surface area contributed by atoms with Gasteiger partial charge in [-0.15, -0.1) is 11.6 Å². The summed E-state index contributed by atoms with van der Waals surface area (Å²) < 4.78 is 10.2. The van der Waals surface area contributed by atoms with Gasteiger partial charge in [0.2, 0.25) is 0 Å². The fourth-order valence-electron chi connectivity index (χ4n) is 5.33. The van der Waals surface area contributed by atoms with Crippen LogP contribution in [0.1, 0.15) is 46.5 Å². The number of hydrogen-bond donors (Lipinski definition) is 6. The average molecular weight is 715 g/mol. The molecule has 0 radical (unpaired) electrons. The molecule has 0 aromatic heterocycles. The van der Waals surface area contributed by atoms with Gasteiger partial charge in [-0.1, -0.05) is 73.6 Å². The third-order valence-corrected chi connectivity index (χ3v) is 9.24. The maximum Gasteiger partial charge on any atom is 0.405 e. The molecule has 14 heteroatoms. The van der Waals surface area contributed by atoms with Gasteiger partial charge in [0.15, 0.2) is 5.78 Å². The molecule has 2 fully saturated rings. The van der Waals surface area contributed by atoms with Crippen molar-refractivity contribution in [3.8, 4) is 0 Å². The number of esters is 1. The molecule has 2 aliphatic rings. The van der Waals surface area contributed by atoms with Crippen molar-refractivity contribution < 1.29 is 54.2 Å². The zero-order valence-electron chi connectivity index (χ0n) is 27.0. The van der Waals surface area contributed by atoms with Gasteiger partial charge >= 0.3 is 18.0 Å². The number of ether oxygens (including phenoxy) is 2. The number of Topliss-reactive ketones (excluding diaryl/α,β-unsaturated/α-hetero) is 1. The summed E-state index contributed by atoms with van der Waals surface area (Å²) in [5.41, 5.74) is 5.84. The Bertz CT molecular complexity index is 1320. The van der Waals surface area contributed by atoms with E-state index in [1.54, 1.807) is 43.4 Å². The molecule has 7 N–H and O–H groups in total. The lowest BCUT2D eigenvalue weighted by Crippen LogP contribution is -2.43. The second kappa shape index (κ2) is 19.7. The number of primary amides is 1. The number of carboxylic acid groups (broad SMARTS) is 1. The van der Waals surface area contributed by atoms with Crippen molar-refractivity contribution in [3.05, 3.63) is 71.4 Å². The smallest absolute Gasteiger partial charge is 0.405 e. The Balaban J connectivity index is 1.85. The van der Waals surface area contributed by atoms with Crippen molar-refractivity contribution in [1.29, 1.82) is 0 Å². The van der Waals surface area contributed by atoms with Crippen LogP contribution < -0.4 is 5.73 Å². The molecule has 0 saturated heterocycles. The standard InChI is InChI=1S/C34H45Cl2NO11/c1-4-5-13-26(48-34(37)46)29(36)24(38)17-25(39)32(43)30(41)19(3)23(35)12-8-6-10-18(2)11-7-9-14-28(40)47-27-16-22(33(44)45)20-15-21(20)31(27)42/h5-14,19-22,24,26-27,29-32,38,41-43H,4,15-17H2,1-3H3,(H2,37,46)(H,44,45)/b8-6+,11-7+,13-5+,14-9+,18-10+,23-12-/t19-,20-,21?,22+,24-,26-,27?,29+,30-,31?,32-/m1/s1. The predicted octanol–water partition coefficient (Wildman–Crippen LogP) is 3.45. The zero-order chi connectivity index (χ0) is 36.1. The average Bonchev–Trinajstić information content (AvgIpc) is 3.84. The number of amides is 1. The number of carbonyl (C=O) groups is 4. The summed E-state index contributed by atoms with van der Waals surface area (Å²) in [5.74, 6) is -4.21. The molecule has 0 heterocycles. The molecule has 11 atom stereocenters. The van der Waals surface area contributed by atoms with Crippen LogP contribution in [0, 0.1) is 23.7 Å². The number of allylic oxidation sites excluding steroid dienone is 9. The summed E-state index contributed by atoms with van der Waals surface area (Å²) in [7, 11) is 0. The number of aliphatic hydroxyl groups excluding tert-OH is 4. The number of rotatable bonds is 18. The number of nitrogens with two attached hydrogens (primary N) is 1. The van der Waals surface area contributed by atoms with Crippen molar-refractivity contribution in [2.75, 3.05) is 0 Å². The molecule has 2 saturated carbocycles. The van der Waals surface area contributed by atoms with Crippen LogP contribution in [0.3, 0.4) is 0 Å². The molecule has 0 aromatic rings. The SMILES string of the molecule is CC/C=C/[C@@H](OC(N)=O)[C@@H](Cl)[C@H](O)CC(=O)[C@@H](O)[C@H](O)[C@H](C)/C(Cl)=C/C=C/C=C(C)/C=C/C=C/C(=O)OC1C[C@H](C(=O)O)[C@@H]2CC2C1O. The highest BCUT2D eigenvalue weighted by Crippen LogP contribution is 2.53. The second-order valence-corrected chi connectivity index (χ2v) is 12.9. The number of ketones is 1. The van der Waals surface area contributed by atoms with Crippen molar-refractivity contribution in [1.82, 2.24) is 0 Å². The number of alkyl halides is 1. The van der Waals surface area contributed by atoms with Crippen molar-refractivity contribution >= 4 is 47.0 Å². The summed E-state index contributed by atoms with van der Waals surface area (Å²) in [5, 5.41) is 49.9. The van der Waals surface area contributed by atoms with Gasteiger partial charge in [-0.2, -0.15) is 0 Å². The molecule has 2 rings (SSSR count). The van der Waals surface area contributed by atoms with Crippen LogP contribution in [-0.4, -0.2) is 91.3 Å². The fraction of sp³-hybridized carbons (Fsp3) is 0.529. The van der Waals surface area contributed by atoms with E-state index in [-0.39, 0.29) is 23.3 Å². The molecule has 0 aliphatic heterocycles. The van der Waals surface area contributed by atoms with Gasteiger partial charge in [0, 0.05) is 29.9 Å². The van der Waals surface area contributed by atoms with E-state index in [2.05, 4.69) is 0 Å². The molecule has 266 valence electrons. The zero-order valence-corrected chi connectivity index (χ0v) is 28.5. The Hall–Kier alpha value is -3.26. The third-order valence-electron chi connectivity index (χ3n) is 8.23. The van der Waals surface area contributed by atoms with E-state index in [0.717, 1.165) is 5.57 Å². The molecule has 1 amide bonds. The maximum absolute atomic E-state index is 12.6. The van der Waals surface area contributed by atoms with Crippen LogP contribution in [0.2, 0.25) is 0 Å². The number of carboxylic acids is 1. The Morgan fingerprint density at radius 1 is 1.00 bits per heavy atom. The van der Waals surface area contributed by atoms with Gasteiger partial charge in [0.05, 0.1) is 24.2 Å². The van der Waals surface area contributed by atoms with Gasteiger partial charge in [0.25, 0.3) is 0 Å². The Kier molecular flexibility index (Phi) is 16.8. The van der Waals surface area contributed by atoms with Gasteiger partial charge in [0.1, 0.15) is 23.7 Å². The first-order valence-corrected chi connectivity index (χ1v) is 16.4. The predicted molar refractivity (Wildman–Crippen MR) is 179 cm³/mol. The quantitative estimate of drug-likeness (QED) is 0.0398. The van der Waals surface area contributed by atoms with Crippen LogP contribution in [0.15, 0.2) is 71.4 Å². The summed E-state index contributed by atoms with van der Waals surface area (Å²) >= 11 is 12.5. The Morgan fingerprint density at radius 3 is 2.27 bits per heavy atom. The van der Waals surface area contributed by atoms with E-state index >= 15 is 0 Å². The van der Waals surface area contributed by atoms with E-state index < -0.39 is 84.1 Å². The maximum atomic E-state index is 12.6. The third kappa shape index (κ3) is 12.6. The largest absolute Gasteiger partial charge is 0.481 e. The van der Waals surface area contributed by atoms with E-state index in [1.165, 1.54) is 31.2 Å². The molecule has 48 heavy (non-hydrogen) atoms. The van der Waals surface area contributed by atoms with Gasteiger partial charge < -0.3 is 40.7 Å². The first-order valence-electron chi connectivity index (χ1n) is 15.6. The lowest BCUT2D eigenvalue weighted by atomic mass is 9.85. The van der Waals surface area contributed by atoms with Crippen molar-refractivity contribution in [2.45, 2.75) is 88.5 Å². The molecule has 3 unspecified atom stereocenters. The minimum absolute atomic E-state index is 0.0580. The molecular weight excluding hydrogens is 669 g/mol. The van der Waals surface area contributed by atoms with Gasteiger partial charge in [-0.05, 0) is 43.8 Å². The number of halogens is 2. The molecule has 12 nitrogen and oxygen atoms in total. The van der Waals surface area contributed by atoms with E-state index in [1.807, 2.05) is 6.92 Å². The number of carbonyl (C=O) groups excluding carboxylic acids is 3. The highest BCUT2D eigenvalue weighted by Gasteiger charge is 2.57. The lowest BCUT2D eigenvalue weighted by molar-refractivity contribution is -0.160. The Morgan fingerprint density at radius 2 is 1.65 bits per heavy atom. The highest BCUT2D eigenvalue weighted by molar-refractivity contribution is 6.30. The fourth-order valence-corrected chi connectivity index (χ4v) is 5.75. The Labute approximate surface area is 289 Å². The van der Waals surface area contributed by atoms with Gasteiger partial charge in [-0.25, -0.2) is 9.59 Å². The first-order chi connectivity index (χ1) is 22.6. The minimum Gasteiger partial charge on any atom is -0.481 e. The molecule has 2 aliphatic carbocycles. The first kappa shape index (κ1) is 40.9. The topological polar surface area (TPSA) is 214 Å². The van der Waals surface area contributed by atoms with Gasteiger partial charge in [-0.3, -0.25) is 9.59 Å². The second-order valence-electron chi connectivity index (χ2n) is 11.9. The summed E-state index contributed by atoms with van der Waals surface area (Å²) in [6.07, 6.45) is 7.17.